The van der Waals surface area contributed by atoms with Crippen molar-refractivity contribution in [3.05, 3.63) is 69.7 Å². The van der Waals surface area contributed by atoms with Crippen LogP contribution >= 0.6 is 11.6 Å². The lowest BCUT2D eigenvalue weighted by Gasteiger charge is -2.09. The maximum absolute atomic E-state index is 12.4. The summed E-state index contributed by atoms with van der Waals surface area (Å²) in [5.74, 6) is 0.724. The zero-order chi connectivity index (χ0) is 15.5. The Kier molecular flexibility index (Phi) is 4.11. The average molecular weight is 315 g/mol. The summed E-state index contributed by atoms with van der Waals surface area (Å²) >= 11 is 5.82. The molecule has 0 aliphatic carbocycles. The number of hydrogen-bond donors (Lipinski definition) is 0. The van der Waals surface area contributed by atoms with Crippen LogP contribution in [0.25, 0.3) is 10.9 Å². The molecule has 0 bridgehead atoms. The Morgan fingerprint density at radius 3 is 2.73 bits per heavy atom. The van der Waals surface area contributed by atoms with Crippen molar-refractivity contribution in [1.82, 2.24) is 9.55 Å². The van der Waals surface area contributed by atoms with Crippen LogP contribution in [0.5, 0.6) is 5.75 Å². The van der Waals surface area contributed by atoms with Gasteiger partial charge in [-0.05, 0) is 42.8 Å². The van der Waals surface area contributed by atoms with Crippen molar-refractivity contribution in [3.63, 3.8) is 0 Å². The highest BCUT2D eigenvalue weighted by atomic mass is 35.5. The van der Waals surface area contributed by atoms with Crippen molar-refractivity contribution in [2.45, 2.75) is 13.5 Å². The van der Waals surface area contributed by atoms with Gasteiger partial charge >= 0.3 is 0 Å². The molecule has 0 saturated heterocycles. The number of benzene rings is 2. The summed E-state index contributed by atoms with van der Waals surface area (Å²) in [4.78, 5) is 16.8. The van der Waals surface area contributed by atoms with E-state index >= 15 is 0 Å². The van der Waals surface area contributed by atoms with Crippen molar-refractivity contribution in [2.24, 2.45) is 0 Å². The van der Waals surface area contributed by atoms with E-state index in [4.69, 9.17) is 16.3 Å². The first kappa shape index (κ1) is 14.6. The van der Waals surface area contributed by atoms with Crippen LogP contribution in [0.4, 0.5) is 0 Å². The van der Waals surface area contributed by atoms with Gasteiger partial charge in [0.1, 0.15) is 12.4 Å². The summed E-state index contributed by atoms with van der Waals surface area (Å²) < 4.78 is 7.18. The Morgan fingerprint density at radius 1 is 1.18 bits per heavy atom. The highest BCUT2D eigenvalue weighted by molar-refractivity contribution is 6.30. The summed E-state index contributed by atoms with van der Waals surface area (Å²) in [6.07, 6.45) is 1.57. The second-order valence-electron chi connectivity index (χ2n) is 5.02. The first-order chi connectivity index (χ1) is 10.6. The molecule has 0 saturated carbocycles. The zero-order valence-electron chi connectivity index (χ0n) is 12.1. The molecule has 0 N–H and O–H groups in total. The van der Waals surface area contributed by atoms with Crippen molar-refractivity contribution in [1.29, 1.82) is 0 Å². The molecule has 0 fully saturated rings. The molecule has 3 aromatic rings. The first-order valence-electron chi connectivity index (χ1n) is 6.98. The number of para-hydroxylation sites is 1. The number of fused-ring (bicyclic) bond motifs is 1. The minimum atomic E-state index is -0.0478. The maximum atomic E-state index is 12.4. The normalized spacial score (nSPS) is 10.8. The number of rotatable bonds is 4. The van der Waals surface area contributed by atoms with Gasteiger partial charge in [-0.3, -0.25) is 9.36 Å². The topological polar surface area (TPSA) is 44.1 Å². The van der Waals surface area contributed by atoms with Gasteiger partial charge in [-0.2, -0.15) is 0 Å². The molecule has 4 nitrogen and oxygen atoms in total. The zero-order valence-corrected chi connectivity index (χ0v) is 12.9. The SMILES string of the molecule is Cc1cccc2c(=O)n(CCOc3ccc(Cl)cc3)cnc12. The Morgan fingerprint density at radius 2 is 1.95 bits per heavy atom. The molecule has 1 aromatic heterocycles. The van der Waals surface area contributed by atoms with Crippen LogP contribution < -0.4 is 10.3 Å². The van der Waals surface area contributed by atoms with Crippen LogP contribution in [-0.2, 0) is 6.54 Å². The summed E-state index contributed by atoms with van der Waals surface area (Å²) in [6.45, 7) is 2.78. The van der Waals surface area contributed by atoms with Crippen LogP contribution in [0.3, 0.4) is 0 Å². The first-order valence-corrected chi connectivity index (χ1v) is 7.36. The molecule has 0 radical (unpaired) electrons. The van der Waals surface area contributed by atoms with E-state index in [0.717, 1.165) is 16.8 Å². The Labute approximate surface area is 132 Å². The molecular weight excluding hydrogens is 300 g/mol. The second-order valence-corrected chi connectivity index (χ2v) is 5.45. The van der Waals surface area contributed by atoms with E-state index in [1.165, 1.54) is 0 Å². The van der Waals surface area contributed by atoms with Crippen molar-refractivity contribution >= 4 is 22.5 Å². The molecule has 0 unspecified atom stereocenters. The van der Waals surface area contributed by atoms with Gasteiger partial charge in [0.25, 0.3) is 5.56 Å². The lowest BCUT2D eigenvalue weighted by molar-refractivity contribution is 0.296. The van der Waals surface area contributed by atoms with E-state index in [-0.39, 0.29) is 5.56 Å². The van der Waals surface area contributed by atoms with Gasteiger partial charge in [0.2, 0.25) is 0 Å². The quantitative estimate of drug-likeness (QED) is 0.741. The van der Waals surface area contributed by atoms with Gasteiger partial charge in [-0.25, -0.2) is 4.98 Å². The van der Waals surface area contributed by atoms with Gasteiger partial charge in [0, 0.05) is 5.02 Å². The van der Waals surface area contributed by atoms with E-state index in [1.54, 1.807) is 41.2 Å². The van der Waals surface area contributed by atoms with E-state index in [1.807, 2.05) is 19.1 Å². The van der Waals surface area contributed by atoms with Gasteiger partial charge in [-0.15, -0.1) is 0 Å². The molecule has 5 heteroatoms. The van der Waals surface area contributed by atoms with E-state index in [2.05, 4.69) is 4.98 Å². The number of halogens is 1. The molecule has 0 amide bonds. The second kappa shape index (κ2) is 6.20. The number of aryl methyl sites for hydroxylation is 1. The van der Waals surface area contributed by atoms with E-state index in [0.29, 0.717) is 23.6 Å². The molecule has 2 aromatic carbocycles. The average Bonchev–Trinajstić information content (AvgIpc) is 2.52. The predicted octanol–water partition coefficient (Wildman–Crippen LogP) is 3.44. The van der Waals surface area contributed by atoms with Crippen LogP contribution in [0, 0.1) is 6.92 Å². The van der Waals surface area contributed by atoms with Crippen LogP contribution in [0.1, 0.15) is 5.56 Å². The largest absolute Gasteiger partial charge is 0.492 e. The number of hydrogen-bond acceptors (Lipinski definition) is 3. The third-order valence-corrected chi connectivity index (χ3v) is 3.72. The molecular formula is C17H15ClN2O2. The van der Waals surface area contributed by atoms with Crippen molar-refractivity contribution in [2.75, 3.05) is 6.61 Å². The van der Waals surface area contributed by atoms with Crippen LogP contribution in [-0.4, -0.2) is 16.2 Å². The van der Waals surface area contributed by atoms with Crippen LogP contribution in [0.15, 0.2) is 53.6 Å². The van der Waals surface area contributed by atoms with Gasteiger partial charge in [0.05, 0.1) is 23.8 Å². The fourth-order valence-corrected chi connectivity index (χ4v) is 2.42. The maximum Gasteiger partial charge on any atom is 0.261 e. The predicted molar refractivity (Wildman–Crippen MR) is 87.7 cm³/mol. The summed E-state index contributed by atoms with van der Waals surface area (Å²) in [6, 6.07) is 12.7. The number of aromatic nitrogens is 2. The smallest absolute Gasteiger partial charge is 0.261 e. The molecule has 112 valence electrons. The monoisotopic (exact) mass is 314 g/mol. The number of nitrogens with zero attached hydrogens (tertiary/aromatic N) is 2. The Bertz CT molecular complexity index is 857. The lowest BCUT2D eigenvalue weighted by atomic mass is 10.1. The van der Waals surface area contributed by atoms with Gasteiger partial charge in [0.15, 0.2) is 0 Å². The molecule has 3 rings (SSSR count). The minimum Gasteiger partial charge on any atom is -0.492 e. The highest BCUT2D eigenvalue weighted by Gasteiger charge is 2.05. The molecule has 0 spiro atoms. The molecule has 1 heterocycles. The summed E-state index contributed by atoms with van der Waals surface area (Å²) in [7, 11) is 0. The summed E-state index contributed by atoms with van der Waals surface area (Å²) in [5, 5.41) is 1.30. The fourth-order valence-electron chi connectivity index (χ4n) is 2.29. The van der Waals surface area contributed by atoms with Gasteiger partial charge in [-0.1, -0.05) is 23.7 Å². The van der Waals surface area contributed by atoms with Crippen molar-refractivity contribution in [3.8, 4) is 5.75 Å². The highest BCUT2D eigenvalue weighted by Crippen LogP contribution is 2.15. The molecule has 0 atom stereocenters. The summed E-state index contributed by atoms with van der Waals surface area (Å²) in [5.41, 5.74) is 1.70. The molecule has 0 aliphatic rings. The van der Waals surface area contributed by atoms with Gasteiger partial charge < -0.3 is 4.74 Å². The number of ether oxygens (including phenoxy) is 1. The van der Waals surface area contributed by atoms with Crippen molar-refractivity contribution < 1.29 is 4.74 Å². The van der Waals surface area contributed by atoms with E-state index in [9.17, 15) is 4.79 Å². The molecule has 22 heavy (non-hydrogen) atoms. The third-order valence-electron chi connectivity index (χ3n) is 3.47. The van der Waals surface area contributed by atoms with Crippen LogP contribution in [0.2, 0.25) is 5.02 Å². The minimum absolute atomic E-state index is 0.0478. The Hall–Kier alpha value is -2.33. The molecule has 0 aliphatic heterocycles. The Balaban J connectivity index is 1.76. The standard InChI is InChI=1S/C17H15ClN2O2/c1-12-3-2-4-15-16(12)19-11-20(17(15)21)9-10-22-14-7-5-13(18)6-8-14/h2-8,11H,9-10H2,1H3. The third kappa shape index (κ3) is 2.97. The fraction of sp³-hybridized carbons (Fsp3) is 0.176. The lowest BCUT2D eigenvalue weighted by Crippen LogP contribution is -2.23. The van der Waals surface area contributed by atoms with E-state index < -0.39 is 0 Å².